The minimum atomic E-state index is 0. The highest BCUT2D eigenvalue weighted by Gasteiger charge is 2.34. The summed E-state index contributed by atoms with van der Waals surface area (Å²) in [5.41, 5.74) is 2.19. The quantitative estimate of drug-likeness (QED) is 0.640. The summed E-state index contributed by atoms with van der Waals surface area (Å²) in [5, 5.41) is 22.7. The largest absolute Gasteiger partial charge is 0.504 e. The van der Waals surface area contributed by atoms with Gasteiger partial charge in [0, 0.05) is 17.5 Å². The molecular formula is C12H16BrNO2. The van der Waals surface area contributed by atoms with E-state index in [2.05, 4.69) is 5.32 Å². The number of benzene rings is 1. The predicted molar refractivity (Wildman–Crippen MR) is 67.6 cm³/mol. The van der Waals surface area contributed by atoms with E-state index >= 15 is 0 Å². The van der Waals surface area contributed by atoms with Crippen molar-refractivity contribution in [3.63, 3.8) is 0 Å². The van der Waals surface area contributed by atoms with E-state index in [0.717, 1.165) is 31.4 Å². The van der Waals surface area contributed by atoms with E-state index in [1.807, 2.05) is 6.07 Å². The molecule has 1 aromatic carbocycles. The average molecular weight is 286 g/mol. The number of rotatable bonds is 0. The lowest BCUT2D eigenvalue weighted by Crippen LogP contribution is -2.30. The van der Waals surface area contributed by atoms with E-state index in [9.17, 15) is 10.2 Å². The Kier molecular flexibility index (Phi) is 3.13. The highest BCUT2D eigenvalue weighted by Crippen LogP contribution is 2.43. The lowest BCUT2D eigenvalue weighted by Gasteiger charge is -2.28. The molecule has 0 unspecified atom stereocenters. The lowest BCUT2D eigenvalue weighted by molar-refractivity contribution is 0.388. The van der Waals surface area contributed by atoms with E-state index in [1.54, 1.807) is 6.07 Å². The molecule has 1 aliphatic heterocycles. The van der Waals surface area contributed by atoms with Crippen molar-refractivity contribution in [2.75, 3.05) is 6.54 Å². The van der Waals surface area contributed by atoms with E-state index in [4.69, 9.17) is 0 Å². The number of fused-ring (bicyclic) bond motifs is 3. The van der Waals surface area contributed by atoms with Crippen molar-refractivity contribution in [2.24, 2.45) is 0 Å². The van der Waals surface area contributed by atoms with Crippen LogP contribution in [0.3, 0.4) is 0 Å². The highest BCUT2D eigenvalue weighted by molar-refractivity contribution is 8.93. The van der Waals surface area contributed by atoms with Crippen LogP contribution in [0.5, 0.6) is 11.5 Å². The van der Waals surface area contributed by atoms with Crippen LogP contribution in [0.25, 0.3) is 0 Å². The fraction of sp³-hybridized carbons (Fsp3) is 0.500. The Bertz CT molecular complexity index is 408. The Hall–Kier alpha value is -0.740. The number of halogens is 1. The number of hydrogen-bond acceptors (Lipinski definition) is 3. The maximum Gasteiger partial charge on any atom is 0.160 e. The molecule has 2 aliphatic rings. The number of nitrogens with one attached hydrogen (secondary N) is 1. The van der Waals surface area contributed by atoms with Crippen LogP contribution in [0.15, 0.2) is 12.1 Å². The maximum atomic E-state index is 9.79. The molecule has 1 fully saturated rings. The van der Waals surface area contributed by atoms with Gasteiger partial charge in [-0.25, -0.2) is 0 Å². The van der Waals surface area contributed by atoms with Gasteiger partial charge in [-0.1, -0.05) is 6.07 Å². The molecule has 0 spiro atoms. The second-order valence-corrected chi connectivity index (χ2v) is 4.50. The van der Waals surface area contributed by atoms with Crippen molar-refractivity contribution in [3.05, 3.63) is 23.3 Å². The summed E-state index contributed by atoms with van der Waals surface area (Å²) in [5.74, 6) is 0.635. The van der Waals surface area contributed by atoms with Gasteiger partial charge in [-0.05, 0) is 37.4 Å². The van der Waals surface area contributed by atoms with E-state index in [-0.39, 0.29) is 28.5 Å². The third-order valence-corrected chi connectivity index (χ3v) is 3.75. The van der Waals surface area contributed by atoms with Crippen molar-refractivity contribution < 1.29 is 10.2 Å². The van der Waals surface area contributed by atoms with Crippen LogP contribution in [-0.4, -0.2) is 22.8 Å². The molecule has 1 heterocycles. The molecule has 3 rings (SSSR count). The van der Waals surface area contributed by atoms with E-state index in [0.29, 0.717) is 12.0 Å². The Morgan fingerprint density at radius 1 is 1.19 bits per heavy atom. The normalized spacial score (nSPS) is 26.8. The molecular weight excluding hydrogens is 270 g/mol. The molecule has 0 amide bonds. The van der Waals surface area contributed by atoms with Crippen LogP contribution in [0.1, 0.15) is 29.9 Å². The Morgan fingerprint density at radius 2 is 2.00 bits per heavy atom. The van der Waals surface area contributed by atoms with Gasteiger partial charge in [-0.2, -0.15) is 0 Å². The first-order valence-corrected chi connectivity index (χ1v) is 5.54. The van der Waals surface area contributed by atoms with Gasteiger partial charge >= 0.3 is 0 Å². The molecule has 3 nitrogen and oxygen atoms in total. The zero-order valence-corrected chi connectivity index (χ0v) is 10.7. The monoisotopic (exact) mass is 285 g/mol. The summed E-state index contributed by atoms with van der Waals surface area (Å²) >= 11 is 0. The topological polar surface area (TPSA) is 52.5 Å². The summed E-state index contributed by atoms with van der Waals surface area (Å²) in [6.07, 6.45) is 3.07. The van der Waals surface area contributed by atoms with Crippen LogP contribution in [-0.2, 0) is 6.42 Å². The molecule has 16 heavy (non-hydrogen) atoms. The third kappa shape index (κ3) is 1.60. The Morgan fingerprint density at radius 3 is 2.81 bits per heavy atom. The summed E-state index contributed by atoms with van der Waals surface area (Å²) in [7, 11) is 0. The van der Waals surface area contributed by atoms with Crippen molar-refractivity contribution in [1.82, 2.24) is 5.32 Å². The average Bonchev–Trinajstić information content (AvgIpc) is 2.71. The van der Waals surface area contributed by atoms with Crippen LogP contribution in [0.2, 0.25) is 0 Å². The molecule has 3 N–H and O–H groups in total. The molecule has 2 atom stereocenters. The van der Waals surface area contributed by atoms with Gasteiger partial charge in [0.15, 0.2) is 11.5 Å². The van der Waals surface area contributed by atoms with Crippen LogP contribution in [0.4, 0.5) is 0 Å². The Balaban J connectivity index is 0.000000963. The van der Waals surface area contributed by atoms with Gasteiger partial charge in [-0.15, -0.1) is 17.0 Å². The predicted octanol–water partition coefficient (Wildman–Crippen LogP) is 2.07. The number of aromatic hydroxyl groups is 2. The second kappa shape index (κ2) is 4.26. The molecule has 0 aromatic heterocycles. The smallest absolute Gasteiger partial charge is 0.160 e. The molecule has 4 heteroatoms. The summed E-state index contributed by atoms with van der Waals surface area (Å²) in [6, 6.07) is 4.14. The fourth-order valence-electron chi connectivity index (χ4n) is 2.99. The highest BCUT2D eigenvalue weighted by atomic mass is 79.9. The van der Waals surface area contributed by atoms with Gasteiger partial charge < -0.3 is 15.5 Å². The minimum Gasteiger partial charge on any atom is -0.504 e. The molecule has 1 aliphatic carbocycles. The SMILES string of the molecule is Br.Oc1ccc2c(c1O)CC[C@H]1NCC[C@H]21. The number of phenolic OH excluding ortho intramolecular Hbond substituents is 2. The second-order valence-electron chi connectivity index (χ2n) is 4.50. The first-order chi connectivity index (χ1) is 7.27. The summed E-state index contributed by atoms with van der Waals surface area (Å²) in [6.45, 7) is 1.07. The molecule has 0 radical (unpaired) electrons. The molecule has 0 saturated carbocycles. The first kappa shape index (κ1) is 11.7. The molecule has 0 bridgehead atoms. The van der Waals surface area contributed by atoms with Crippen LogP contribution in [0, 0.1) is 0 Å². The Labute approximate surface area is 105 Å². The van der Waals surface area contributed by atoms with Crippen molar-refractivity contribution in [3.8, 4) is 11.5 Å². The molecule has 1 saturated heterocycles. The van der Waals surface area contributed by atoms with Crippen LogP contribution >= 0.6 is 17.0 Å². The standard InChI is InChI=1S/C12H15NO2.BrH/c14-11-4-2-7-8-5-6-13-10(8)3-1-9(7)12(11)15;/h2,4,8,10,13-15H,1,3,5-6H2;1H/t8-,10-;/m1./s1. The molecule has 1 aromatic rings. The third-order valence-electron chi connectivity index (χ3n) is 3.75. The maximum absolute atomic E-state index is 9.79. The van der Waals surface area contributed by atoms with Gasteiger partial charge in [0.1, 0.15) is 0 Å². The van der Waals surface area contributed by atoms with Gasteiger partial charge in [0.25, 0.3) is 0 Å². The van der Waals surface area contributed by atoms with Crippen molar-refractivity contribution in [2.45, 2.75) is 31.2 Å². The zero-order chi connectivity index (χ0) is 10.4. The zero-order valence-electron chi connectivity index (χ0n) is 8.94. The minimum absolute atomic E-state index is 0. The summed E-state index contributed by atoms with van der Waals surface area (Å²) < 4.78 is 0. The summed E-state index contributed by atoms with van der Waals surface area (Å²) in [4.78, 5) is 0. The van der Waals surface area contributed by atoms with Crippen molar-refractivity contribution in [1.29, 1.82) is 0 Å². The van der Waals surface area contributed by atoms with E-state index in [1.165, 1.54) is 5.56 Å². The fourth-order valence-corrected chi connectivity index (χ4v) is 2.99. The van der Waals surface area contributed by atoms with Crippen molar-refractivity contribution >= 4 is 17.0 Å². The lowest BCUT2D eigenvalue weighted by atomic mass is 9.79. The number of hydrogen-bond donors (Lipinski definition) is 3. The van der Waals surface area contributed by atoms with Crippen LogP contribution < -0.4 is 5.32 Å². The molecule has 88 valence electrons. The van der Waals surface area contributed by atoms with Gasteiger partial charge in [0.2, 0.25) is 0 Å². The van der Waals surface area contributed by atoms with Gasteiger partial charge in [0.05, 0.1) is 0 Å². The number of phenols is 2. The first-order valence-electron chi connectivity index (χ1n) is 5.54. The van der Waals surface area contributed by atoms with E-state index < -0.39 is 0 Å². The van der Waals surface area contributed by atoms with Gasteiger partial charge in [-0.3, -0.25) is 0 Å².